The Morgan fingerprint density at radius 2 is 2.17 bits per heavy atom. The average Bonchev–Trinajstić information content (AvgIpc) is 2.89. The number of nitrogens with zero attached hydrogens (tertiary/aromatic N) is 1. The van der Waals surface area contributed by atoms with Gasteiger partial charge in [0.05, 0.1) is 6.10 Å². The Morgan fingerprint density at radius 3 is 2.72 bits per heavy atom. The number of rotatable bonds is 10. The van der Waals surface area contributed by atoms with Crippen molar-refractivity contribution in [1.82, 2.24) is 10.2 Å². The van der Waals surface area contributed by atoms with Gasteiger partial charge in [0.15, 0.2) is 0 Å². The van der Waals surface area contributed by atoms with Crippen molar-refractivity contribution in [2.45, 2.75) is 65.0 Å². The highest BCUT2D eigenvalue weighted by Gasteiger charge is 2.18. The van der Waals surface area contributed by atoms with Crippen molar-refractivity contribution in [2.24, 2.45) is 0 Å². The van der Waals surface area contributed by atoms with Gasteiger partial charge in [-0.2, -0.15) is 0 Å². The molecule has 1 N–H and O–H groups in total. The first-order valence-electron chi connectivity index (χ1n) is 7.87. The highest BCUT2D eigenvalue weighted by molar-refractivity contribution is 4.71. The third kappa shape index (κ3) is 6.17. The van der Waals surface area contributed by atoms with Crippen LogP contribution < -0.4 is 5.32 Å². The Balaban J connectivity index is 2.13. The lowest BCUT2D eigenvalue weighted by molar-refractivity contribution is 0.0740. The highest BCUT2D eigenvalue weighted by atomic mass is 16.5. The maximum atomic E-state index is 5.72. The SMILES string of the molecule is CCNC(CC)CCCN(CC)CC1CCCO1. The predicted octanol–water partition coefficient (Wildman–Crippen LogP) is 2.66. The van der Waals surface area contributed by atoms with Crippen LogP contribution in [0.25, 0.3) is 0 Å². The number of nitrogens with one attached hydrogen (secondary N) is 1. The molecule has 0 radical (unpaired) electrons. The summed E-state index contributed by atoms with van der Waals surface area (Å²) in [7, 11) is 0. The van der Waals surface area contributed by atoms with Crippen molar-refractivity contribution >= 4 is 0 Å². The molecule has 3 nitrogen and oxygen atoms in total. The van der Waals surface area contributed by atoms with Gasteiger partial charge in [0.1, 0.15) is 0 Å². The van der Waals surface area contributed by atoms with Crippen molar-refractivity contribution in [3.63, 3.8) is 0 Å². The van der Waals surface area contributed by atoms with Crippen LogP contribution in [0.3, 0.4) is 0 Å². The minimum Gasteiger partial charge on any atom is -0.377 e. The molecule has 1 aliphatic heterocycles. The van der Waals surface area contributed by atoms with E-state index in [2.05, 4.69) is 31.0 Å². The summed E-state index contributed by atoms with van der Waals surface area (Å²) in [6.07, 6.45) is 6.84. The third-order valence-corrected chi connectivity index (χ3v) is 3.95. The molecule has 2 unspecified atom stereocenters. The van der Waals surface area contributed by atoms with Gasteiger partial charge < -0.3 is 15.0 Å². The molecule has 0 aromatic rings. The molecule has 0 aromatic heterocycles. The quantitative estimate of drug-likeness (QED) is 0.650. The van der Waals surface area contributed by atoms with E-state index in [0.29, 0.717) is 12.1 Å². The van der Waals surface area contributed by atoms with Gasteiger partial charge in [-0.15, -0.1) is 0 Å². The highest BCUT2D eigenvalue weighted by Crippen LogP contribution is 2.14. The largest absolute Gasteiger partial charge is 0.377 e. The van der Waals surface area contributed by atoms with Gasteiger partial charge in [0, 0.05) is 19.2 Å². The zero-order chi connectivity index (χ0) is 13.2. The fourth-order valence-electron chi connectivity index (χ4n) is 2.76. The van der Waals surface area contributed by atoms with Crippen LogP contribution in [0.1, 0.15) is 52.9 Å². The van der Waals surface area contributed by atoms with Crippen LogP contribution in [0.15, 0.2) is 0 Å². The van der Waals surface area contributed by atoms with Crippen molar-refractivity contribution < 1.29 is 4.74 Å². The van der Waals surface area contributed by atoms with Gasteiger partial charge in [-0.3, -0.25) is 0 Å². The molecule has 3 heteroatoms. The van der Waals surface area contributed by atoms with Gasteiger partial charge in [0.25, 0.3) is 0 Å². The van der Waals surface area contributed by atoms with E-state index in [0.717, 1.165) is 26.2 Å². The summed E-state index contributed by atoms with van der Waals surface area (Å²) >= 11 is 0. The maximum Gasteiger partial charge on any atom is 0.0702 e. The van der Waals surface area contributed by atoms with Crippen molar-refractivity contribution in [1.29, 1.82) is 0 Å². The maximum absolute atomic E-state index is 5.72. The van der Waals surface area contributed by atoms with E-state index in [1.165, 1.54) is 38.6 Å². The van der Waals surface area contributed by atoms with E-state index >= 15 is 0 Å². The average molecular weight is 256 g/mol. The zero-order valence-corrected chi connectivity index (χ0v) is 12.6. The lowest BCUT2D eigenvalue weighted by Gasteiger charge is -2.24. The number of likely N-dealkylation sites (N-methyl/N-ethyl adjacent to an activating group) is 1. The van der Waals surface area contributed by atoms with Crippen LogP contribution in [0, 0.1) is 0 Å². The number of hydrogen-bond acceptors (Lipinski definition) is 3. The molecule has 1 aliphatic rings. The van der Waals surface area contributed by atoms with Crippen LogP contribution >= 0.6 is 0 Å². The van der Waals surface area contributed by atoms with Crippen LogP contribution in [-0.2, 0) is 4.74 Å². The Bertz CT molecular complexity index is 193. The number of hydrogen-bond donors (Lipinski definition) is 1. The summed E-state index contributed by atoms with van der Waals surface area (Å²) in [5.74, 6) is 0. The summed E-state index contributed by atoms with van der Waals surface area (Å²) < 4.78 is 5.72. The molecule has 108 valence electrons. The van der Waals surface area contributed by atoms with Gasteiger partial charge in [0.2, 0.25) is 0 Å². The van der Waals surface area contributed by atoms with Crippen LogP contribution in [0.2, 0.25) is 0 Å². The lowest BCUT2D eigenvalue weighted by atomic mass is 10.1. The molecule has 1 fully saturated rings. The van der Waals surface area contributed by atoms with Gasteiger partial charge in [-0.1, -0.05) is 20.8 Å². The first-order chi connectivity index (χ1) is 8.80. The van der Waals surface area contributed by atoms with Crippen molar-refractivity contribution in [2.75, 3.05) is 32.8 Å². The topological polar surface area (TPSA) is 24.5 Å². The molecule has 0 aromatic carbocycles. The molecule has 1 rings (SSSR count). The summed E-state index contributed by atoms with van der Waals surface area (Å²) in [6, 6.07) is 0.705. The van der Waals surface area contributed by atoms with Crippen LogP contribution in [0.4, 0.5) is 0 Å². The fourth-order valence-corrected chi connectivity index (χ4v) is 2.76. The molecule has 0 saturated carbocycles. The third-order valence-electron chi connectivity index (χ3n) is 3.95. The Hall–Kier alpha value is -0.120. The molecule has 0 amide bonds. The second-order valence-electron chi connectivity index (χ2n) is 5.33. The summed E-state index contributed by atoms with van der Waals surface area (Å²) in [5.41, 5.74) is 0. The predicted molar refractivity (Wildman–Crippen MR) is 78.1 cm³/mol. The minimum absolute atomic E-state index is 0.501. The molecular formula is C15H32N2O. The number of ether oxygens (including phenoxy) is 1. The van der Waals surface area contributed by atoms with Gasteiger partial charge >= 0.3 is 0 Å². The Labute approximate surface area is 113 Å². The minimum atomic E-state index is 0.501. The monoisotopic (exact) mass is 256 g/mol. The second kappa shape index (κ2) is 9.76. The van der Waals surface area contributed by atoms with E-state index in [4.69, 9.17) is 4.74 Å². The molecule has 1 saturated heterocycles. The molecule has 0 spiro atoms. The van der Waals surface area contributed by atoms with E-state index in [9.17, 15) is 0 Å². The second-order valence-corrected chi connectivity index (χ2v) is 5.33. The van der Waals surface area contributed by atoms with E-state index in [1.54, 1.807) is 0 Å². The van der Waals surface area contributed by atoms with Gasteiger partial charge in [-0.25, -0.2) is 0 Å². The standard InChI is InChI=1S/C15H32N2O/c1-4-14(16-5-2)9-7-11-17(6-3)13-15-10-8-12-18-15/h14-16H,4-13H2,1-3H3. The van der Waals surface area contributed by atoms with Crippen molar-refractivity contribution in [3.05, 3.63) is 0 Å². The lowest BCUT2D eigenvalue weighted by Crippen LogP contribution is -2.34. The Kier molecular flexibility index (Phi) is 8.64. The fraction of sp³-hybridized carbons (Fsp3) is 1.00. The molecule has 2 atom stereocenters. The normalized spacial score (nSPS) is 21.7. The molecule has 18 heavy (non-hydrogen) atoms. The molecular weight excluding hydrogens is 224 g/mol. The molecule has 0 bridgehead atoms. The summed E-state index contributed by atoms with van der Waals surface area (Å²) in [6.45, 7) is 12.3. The van der Waals surface area contributed by atoms with Gasteiger partial charge in [-0.05, 0) is 51.7 Å². The van der Waals surface area contributed by atoms with Crippen LogP contribution in [0.5, 0.6) is 0 Å². The molecule has 1 heterocycles. The molecule has 0 aliphatic carbocycles. The first kappa shape index (κ1) is 15.9. The van der Waals surface area contributed by atoms with E-state index in [1.807, 2.05) is 0 Å². The Morgan fingerprint density at radius 1 is 1.33 bits per heavy atom. The van der Waals surface area contributed by atoms with E-state index < -0.39 is 0 Å². The summed E-state index contributed by atoms with van der Waals surface area (Å²) in [5, 5.41) is 3.55. The summed E-state index contributed by atoms with van der Waals surface area (Å²) in [4.78, 5) is 2.55. The first-order valence-corrected chi connectivity index (χ1v) is 7.87. The van der Waals surface area contributed by atoms with Crippen molar-refractivity contribution in [3.8, 4) is 0 Å². The zero-order valence-electron chi connectivity index (χ0n) is 12.6. The van der Waals surface area contributed by atoms with E-state index in [-0.39, 0.29) is 0 Å². The van der Waals surface area contributed by atoms with Crippen LogP contribution in [-0.4, -0.2) is 49.8 Å². The smallest absolute Gasteiger partial charge is 0.0702 e.